The van der Waals surface area contributed by atoms with Gasteiger partial charge in [0.1, 0.15) is 5.82 Å². The van der Waals surface area contributed by atoms with Crippen LogP contribution < -0.4 is 4.72 Å². The molecule has 1 aliphatic heterocycles. The number of anilines is 1. The van der Waals surface area contributed by atoms with Gasteiger partial charge in [-0.05, 0) is 49.2 Å². The van der Waals surface area contributed by atoms with E-state index in [4.69, 9.17) is 0 Å². The van der Waals surface area contributed by atoms with Crippen molar-refractivity contribution in [1.29, 1.82) is 0 Å². The summed E-state index contributed by atoms with van der Waals surface area (Å²) in [6.45, 7) is 3.07. The molecule has 1 atom stereocenters. The summed E-state index contributed by atoms with van der Waals surface area (Å²) in [5.41, 5.74) is 2.13. The third-order valence-electron chi connectivity index (χ3n) is 4.63. The van der Waals surface area contributed by atoms with Gasteiger partial charge in [0.15, 0.2) is 0 Å². The maximum absolute atomic E-state index is 13.3. The lowest BCUT2D eigenvalue weighted by Crippen LogP contribution is -2.28. The Balaban J connectivity index is 1.98. The van der Waals surface area contributed by atoms with E-state index in [2.05, 4.69) is 9.82 Å². The number of sulfonamides is 2. The van der Waals surface area contributed by atoms with E-state index < -0.39 is 31.9 Å². The standard InChI is InChI=1S/C19H22FN3O4S2/c1-3-28(24,25)22-17-7-5-6-15(12-17)18-13-19(14-8-10-16(20)11-9-14)23(21-18)29(26,27)4-2/h5-12,19,22H,3-4,13H2,1-2H3. The first kappa shape index (κ1) is 21.3. The van der Waals surface area contributed by atoms with E-state index in [0.29, 0.717) is 22.5 Å². The Morgan fingerprint density at radius 2 is 1.76 bits per heavy atom. The van der Waals surface area contributed by atoms with Crippen molar-refractivity contribution in [3.05, 3.63) is 65.5 Å². The highest BCUT2D eigenvalue weighted by Gasteiger charge is 2.35. The van der Waals surface area contributed by atoms with Crippen molar-refractivity contribution < 1.29 is 21.2 Å². The van der Waals surface area contributed by atoms with Crippen LogP contribution in [0.15, 0.2) is 53.6 Å². The average molecular weight is 440 g/mol. The number of nitrogens with one attached hydrogen (secondary N) is 1. The highest BCUT2D eigenvalue weighted by atomic mass is 32.2. The molecule has 1 unspecified atom stereocenters. The summed E-state index contributed by atoms with van der Waals surface area (Å²) in [7, 11) is -7.09. The summed E-state index contributed by atoms with van der Waals surface area (Å²) in [5, 5.41) is 4.33. The molecule has 2 aromatic carbocycles. The minimum Gasteiger partial charge on any atom is -0.284 e. The fourth-order valence-corrected chi connectivity index (χ4v) is 4.70. The molecular formula is C19H22FN3O4S2. The lowest BCUT2D eigenvalue weighted by Gasteiger charge is -2.22. The lowest BCUT2D eigenvalue weighted by molar-refractivity contribution is 0.372. The molecule has 0 aromatic heterocycles. The minimum absolute atomic E-state index is 0.0622. The molecule has 3 rings (SSSR count). The van der Waals surface area contributed by atoms with Gasteiger partial charge in [-0.2, -0.15) is 9.52 Å². The van der Waals surface area contributed by atoms with Crippen LogP contribution in [0.2, 0.25) is 0 Å². The van der Waals surface area contributed by atoms with Gasteiger partial charge in [0.2, 0.25) is 20.0 Å². The molecule has 1 aliphatic rings. The van der Waals surface area contributed by atoms with Crippen molar-refractivity contribution in [2.24, 2.45) is 5.10 Å². The first-order chi connectivity index (χ1) is 13.6. The van der Waals surface area contributed by atoms with Crippen LogP contribution in [0.3, 0.4) is 0 Å². The molecule has 0 spiro atoms. The highest BCUT2D eigenvalue weighted by molar-refractivity contribution is 7.92. The zero-order valence-corrected chi connectivity index (χ0v) is 17.7. The van der Waals surface area contributed by atoms with Crippen molar-refractivity contribution in [3.63, 3.8) is 0 Å². The molecule has 156 valence electrons. The number of hydrazone groups is 1. The molecule has 10 heteroatoms. The summed E-state index contributed by atoms with van der Waals surface area (Å²) in [5.74, 6) is -0.598. The van der Waals surface area contributed by atoms with Gasteiger partial charge < -0.3 is 0 Å². The van der Waals surface area contributed by atoms with E-state index in [1.54, 1.807) is 36.4 Å². The Morgan fingerprint density at radius 3 is 2.38 bits per heavy atom. The van der Waals surface area contributed by atoms with Crippen LogP contribution in [0.1, 0.15) is 37.4 Å². The molecule has 0 bridgehead atoms. The maximum Gasteiger partial charge on any atom is 0.250 e. The second-order valence-corrected chi connectivity index (χ2v) is 10.7. The lowest BCUT2D eigenvalue weighted by atomic mass is 9.99. The average Bonchev–Trinajstić information content (AvgIpc) is 3.15. The van der Waals surface area contributed by atoms with E-state index in [9.17, 15) is 21.2 Å². The third-order valence-corrected chi connectivity index (χ3v) is 7.57. The minimum atomic E-state index is -3.65. The van der Waals surface area contributed by atoms with Crippen molar-refractivity contribution >= 4 is 31.4 Å². The van der Waals surface area contributed by atoms with Gasteiger partial charge in [-0.15, -0.1) is 0 Å². The molecule has 0 saturated heterocycles. The van der Waals surface area contributed by atoms with Gasteiger partial charge in [-0.3, -0.25) is 4.72 Å². The molecule has 0 saturated carbocycles. The molecule has 1 N–H and O–H groups in total. The molecule has 2 aromatic rings. The quantitative estimate of drug-likeness (QED) is 0.717. The van der Waals surface area contributed by atoms with Gasteiger partial charge in [-0.1, -0.05) is 24.3 Å². The fraction of sp³-hybridized carbons (Fsp3) is 0.316. The van der Waals surface area contributed by atoms with Gasteiger partial charge in [0, 0.05) is 12.1 Å². The van der Waals surface area contributed by atoms with Gasteiger partial charge in [0.05, 0.1) is 23.3 Å². The van der Waals surface area contributed by atoms with Crippen molar-refractivity contribution in [2.45, 2.75) is 26.3 Å². The van der Waals surface area contributed by atoms with Gasteiger partial charge in [0.25, 0.3) is 0 Å². The van der Waals surface area contributed by atoms with Crippen LogP contribution in [0.4, 0.5) is 10.1 Å². The van der Waals surface area contributed by atoms with E-state index in [1.807, 2.05) is 0 Å². The first-order valence-corrected chi connectivity index (χ1v) is 12.4. The summed E-state index contributed by atoms with van der Waals surface area (Å²) < 4.78 is 65.7. The number of rotatable bonds is 7. The smallest absolute Gasteiger partial charge is 0.250 e. The Morgan fingerprint density at radius 1 is 1.07 bits per heavy atom. The van der Waals surface area contributed by atoms with E-state index in [1.165, 1.54) is 26.0 Å². The van der Waals surface area contributed by atoms with Gasteiger partial charge in [-0.25, -0.2) is 21.2 Å². The Hall–Kier alpha value is -2.46. The molecule has 0 aliphatic carbocycles. The van der Waals surface area contributed by atoms with Gasteiger partial charge >= 0.3 is 0 Å². The summed E-state index contributed by atoms with van der Waals surface area (Å²) in [4.78, 5) is 0. The Labute approximate surface area is 170 Å². The van der Waals surface area contributed by atoms with Crippen LogP contribution in [-0.4, -0.2) is 38.5 Å². The second-order valence-electron chi connectivity index (χ2n) is 6.58. The topological polar surface area (TPSA) is 95.9 Å². The van der Waals surface area contributed by atoms with Crippen LogP contribution in [0.25, 0.3) is 0 Å². The van der Waals surface area contributed by atoms with Crippen molar-refractivity contribution in [2.75, 3.05) is 16.2 Å². The number of halogens is 1. The number of hydrogen-bond acceptors (Lipinski definition) is 5. The molecule has 0 radical (unpaired) electrons. The Bertz CT molecular complexity index is 1130. The third kappa shape index (κ3) is 4.76. The van der Waals surface area contributed by atoms with E-state index >= 15 is 0 Å². The van der Waals surface area contributed by atoms with Crippen molar-refractivity contribution in [1.82, 2.24) is 4.41 Å². The number of hydrogen-bond donors (Lipinski definition) is 1. The zero-order chi connectivity index (χ0) is 21.2. The van der Waals surface area contributed by atoms with Crippen molar-refractivity contribution in [3.8, 4) is 0 Å². The summed E-state index contributed by atoms with van der Waals surface area (Å²) >= 11 is 0. The fourth-order valence-electron chi connectivity index (χ4n) is 3.00. The Kier molecular flexibility index (Phi) is 5.95. The predicted octanol–water partition coefficient (Wildman–Crippen LogP) is 3.09. The second kappa shape index (κ2) is 8.11. The monoisotopic (exact) mass is 439 g/mol. The first-order valence-electron chi connectivity index (χ1n) is 9.11. The molecule has 29 heavy (non-hydrogen) atoms. The highest BCUT2D eigenvalue weighted by Crippen LogP contribution is 2.35. The van der Waals surface area contributed by atoms with Crippen LogP contribution in [0, 0.1) is 5.82 Å². The van der Waals surface area contributed by atoms with E-state index in [0.717, 1.165) is 4.41 Å². The predicted molar refractivity (Wildman–Crippen MR) is 111 cm³/mol. The summed E-state index contributed by atoms with van der Waals surface area (Å²) in [6, 6.07) is 11.7. The SMILES string of the molecule is CCS(=O)(=O)Nc1cccc(C2=NN(S(=O)(=O)CC)C(c3ccc(F)cc3)C2)c1. The van der Waals surface area contributed by atoms with Crippen LogP contribution in [-0.2, 0) is 20.0 Å². The van der Waals surface area contributed by atoms with E-state index in [-0.39, 0.29) is 17.9 Å². The molecule has 1 heterocycles. The zero-order valence-electron chi connectivity index (χ0n) is 16.0. The summed E-state index contributed by atoms with van der Waals surface area (Å²) in [6.07, 6.45) is 0.287. The maximum atomic E-state index is 13.3. The van der Waals surface area contributed by atoms with Crippen LogP contribution >= 0.6 is 0 Å². The number of nitrogens with zero attached hydrogens (tertiary/aromatic N) is 2. The largest absolute Gasteiger partial charge is 0.284 e. The molecular weight excluding hydrogens is 417 g/mol. The number of benzene rings is 2. The normalized spacial score (nSPS) is 17.3. The molecule has 0 fully saturated rings. The van der Waals surface area contributed by atoms with Crippen LogP contribution in [0.5, 0.6) is 0 Å². The molecule has 0 amide bonds. The molecule has 7 nitrogen and oxygen atoms in total.